The van der Waals surface area contributed by atoms with E-state index in [1.165, 1.54) is 14.5 Å². The van der Waals surface area contributed by atoms with Crippen LogP contribution in [0.15, 0.2) is 54.8 Å². The van der Waals surface area contributed by atoms with Crippen molar-refractivity contribution in [1.82, 2.24) is 4.98 Å². The van der Waals surface area contributed by atoms with E-state index in [1.807, 2.05) is 51.1 Å². The molecule has 1 fully saturated rings. The molecule has 3 heterocycles. The van der Waals surface area contributed by atoms with Crippen molar-refractivity contribution in [2.24, 2.45) is 5.92 Å². The van der Waals surface area contributed by atoms with E-state index >= 15 is 0 Å². The lowest BCUT2D eigenvalue weighted by Gasteiger charge is -2.23. The molecular weight excluding hydrogens is 579 g/mol. The molecule has 4 rings (SSSR count). The fourth-order valence-corrected chi connectivity index (χ4v) is 5.12. The van der Waals surface area contributed by atoms with Crippen LogP contribution in [0.2, 0.25) is 0 Å². The van der Waals surface area contributed by atoms with Gasteiger partial charge in [-0.3, -0.25) is 0 Å². The first-order valence-electron chi connectivity index (χ1n) is 15.1. The molecule has 5 atom stereocenters. The second kappa shape index (κ2) is 16.0. The molecule has 0 spiro atoms. The Morgan fingerprint density at radius 3 is 2.73 bits per heavy atom. The van der Waals surface area contributed by atoms with Gasteiger partial charge >= 0.3 is 13.4 Å². The average Bonchev–Trinajstić information content (AvgIpc) is 3.33. The summed E-state index contributed by atoms with van der Waals surface area (Å²) in [6.07, 6.45) is 8.11. The van der Waals surface area contributed by atoms with Gasteiger partial charge in [-0.1, -0.05) is 37.3 Å². The van der Waals surface area contributed by atoms with Crippen LogP contribution in [-0.2, 0) is 23.7 Å². The molecular formula is C33H42BN2O9. The number of fused-ring (bicyclic) bond motifs is 2. The minimum atomic E-state index is -0.905. The number of aliphatic hydroxyl groups excluding tert-OH is 1. The summed E-state index contributed by atoms with van der Waals surface area (Å²) in [7, 11) is 2.93. The number of carbonyl (C=O) groups is 2. The smallest absolute Gasteiger partial charge is 0.342 e. The van der Waals surface area contributed by atoms with Crippen molar-refractivity contribution in [2.75, 3.05) is 31.9 Å². The third-order valence-electron chi connectivity index (χ3n) is 7.51. The van der Waals surface area contributed by atoms with Crippen molar-refractivity contribution in [3.05, 3.63) is 65.9 Å². The Kier molecular flexibility index (Phi) is 12.2. The first-order chi connectivity index (χ1) is 21.6. The zero-order valence-corrected chi connectivity index (χ0v) is 26.5. The SMILES string of the molecule is COCOc1cc(OCCCN([B]C=O)c2ccccn2)cc2c1C(=O)OC(C)[C@H](C)/C=C\C(O)C1OC(C)(C)OC1C/C=C/2. The van der Waals surface area contributed by atoms with Crippen LogP contribution >= 0.6 is 0 Å². The van der Waals surface area contributed by atoms with E-state index in [0.29, 0.717) is 43.1 Å². The molecule has 4 unspecified atom stereocenters. The number of esters is 1. The van der Waals surface area contributed by atoms with Crippen LogP contribution in [0.4, 0.5) is 5.82 Å². The summed E-state index contributed by atoms with van der Waals surface area (Å²) in [6, 6.07) is 8.88. The number of anilines is 1. The van der Waals surface area contributed by atoms with Crippen LogP contribution < -0.4 is 14.3 Å². The minimum absolute atomic E-state index is 0.0932. The molecule has 12 heteroatoms. The maximum atomic E-state index is 13.6. The van der Waals surface area contributed by atoms with Gasteiger partial charge in [0.15, 0.2) is 12.6 Å². The Labute approximate surface area is 265 Å². The molecule has 1 aromatic carbocycles. The third-order valence-corrected chi connectivity index (χ3v) is 7.51. The number of ether oxygens (including phenoxy) is 6. The van der Waals surface area contributed by atoms with Gasteiger partial charge in [-0.25, -0.2) is 9.78 Å². The predicted molar refractivity (Wildman–Crippen MR) is 170 cm³/mol. The second-order valence-corrected chi connectivity index (χ2v) is 11.4. The molecule has 2 aliphatic rings. The molecule has 1 radical (unpaired) electrons. The number of carbonyl (C=O) groups excluding carboxylic acids is 2. The molecule has 0 bridgehead atoms. The maximum absolute atomic E-state index is 13.6. The van der Waals surface area contributed by atoms with Crippen molar-refractivity contribution in [2.45, 2.75) is 70.7 Å². The molecule has 0 aliphatic carbocycles. The number of hydrogen-bond donors (Lipinski definition) is 1. The quantitative estimate of drug-likeness (QED) is 0.0970. The van der Waals surface area contributed by atoms with Gasteiger partial charge in [0, 0.05) is 31.8 Å². The number of nitrogens with zero attached hydrogens (tertiary/aromatic N) is 2. The van der Waals surface area contributed by atoms with Crippen LogP contribution in [0.1, 0.15) is 56.5 Å². The normalized spacial score (nSPS) is 25.9. The first kappa shape index (κ1) is 34.2. The van der Waals surface area contributed by atoms with Gasteiger partial charge in [0.05, 0.1) is 12.7 Å². The van der Waals surface area contributed by atoms with Gasteiger partial charge in [0.25, 0.3) is 0 Å². The van der Waals surface area contributed by atoms with Gasteiger partial charge < -0.3 is 43.1 Å². The average molecular weight is 622 g/mol. The molecule has 45 heavy (non-hydrogen) atoms. The fraction of sp³-hybridized carbons (Fsp3) is 0.485. The van der Waals surface area contributed by atoms with Crippen LogP contribution in [0.25, 0.3) is 6.08 Å². The summed E-state index contributed by atoms with van der Waals surface area (Å²) >= 11 is 0. The second-order valence-electron chi connectivity index (χ2n) is 11.4. The van der Waals surface area contributed by atoms with Crippen LogP contribution in [0, 0.1) is 5.92 Å². The predicted octanol–water partition coefficient (Wildman–Crippen LogP) is 4.18. The standard InChI is InChI=1S/C33H42BN2O9/c1-22-13-14-26(38)31-27(44-33(3,4)45-31)11-8-10-24-18-25(19-28(42-21-40-5)30(24)32(39)43-23(22)2)41-17-9-16-36(34-20-37)29-12-6-7-15-35-29/h6-8,10,12-15,18-20,22-23,26-27,31,38H,9,11,16-17,21H2,1-5H3/b10-8+,14-13-/t22-,23?,26?,27?,31?/m1/s1. The van der Waals surface area contributed by atoms with E-state index in [1.54, 1.807) is 42.2 Å². The summed E-state index contributed by atoms with van der Waals surface area (Å²) in [5, 5.41) is 10.9. The Morgan fingerprint density at radius 1 is 1.18 bits per heavy atom. The first-order valence-corrected chi connectivity index (χ1v) is 15.1. The van der Waals surface area contributed by atoms with Crippen molar-refractivity contribution in [1.29, 1.82) is 0 Å². The largest absolute Gasteiger partial charge is 0.493 e. The number of hydrogen-bond acceptors (Lipinski definition) is 11. The lowest BCUT2D eigenvalue weighted by molar-refractivity contribution is -0.152. The number of benzene rings is 1. The Morgan fingerprint density at radius 2 is 2.00 bits per heavy atom. The summed E-state index contributed by atoms with van der Waals surface area (Å²) < 4.78 is 35.1. The highest BCUT2D eigenvalue weighted by Crippen LogP contribution is 2.35. The topological polar surface area (TPSA) is 126 Å². The molecule has 0 amide bonds. The van der Waals surface area contributed by atoms with E-state index in [0.717, 1.165) is 6.19 Å². The Bertz CT molecular complexity index is 1340. The molecule has 1 N–H and O–H groups in total. The van der Waals surface area contributed by atoms with Gasteiger partial charge in [0.2, 0.25) is 0 Å². The number of pyridine rings is 1. The van der Waals surface area contributed by atoms with Crippen LogP contribution in [-0.4, -0.2) is 86.9 Å². The summed E-state index contributed by atoms with van der Waals surface area (Å²) in [6.45, 7) is 8.05. The number of cyclic esters (lactones) is 1. The number of methoxy groups -OCH3 is 1. The van der Waals surface area contributed by atoms with Crippen molar-refractivity contribution >= 4 is 31.5 Å². The van der Waals surface area contributed by atoms with Gasteiger partial charge in [-0.05, 0) is 57.4 Å². The fourth-order valence-electron chi connectivity index (χ4n) is 5.12. The number of aromatic nitrogens is 1. The highest BCUT2D eigenvalue weighted by molar-refractivity contribution is 6.70. The van der Waals surface area contributed by atoms with Gasteiger partial charge in [-0.2, -0.15) is 0 Å². The molecule has 2 aliphatic heterocycles. The van der Waals surface area contributed by atoms with E-state index in [2.05, 4.69) is 4.98 Å². The summed E-state index contributed by atoms with van der Waals surface area (Å²) in [4.78, 5) is 30.9. The van der Waals surface area contributed by atoms with E-state index in [9.17, 15) is 14.7 Å². The number of rotatable bonds is 11. The molecule has 1 saturated heterocycles. The maximum Gasteiger partial charge on any atom is 0.342 e. The molecule has 1 aromatic heterocycles. The van der Waals surface area contributed by atoms with E-state index in [4.69, 9.17) is 28.4 Å². The zero-order chi connectivity index (χ0) is 32.4. The molecule has 0 saturated carbocycles. The van der Waals surface area contributed by atoms with Crippen LogP contribution in [0.5, 0.6) is 11.5 Å². The molecule has 2 aromatic rings. The van der Waals surface area contributed by atoms with Crippen LogP contribution in [0.3, 0.4) is 0 Å². The lowest BCUT2D eigenvalue weighted by Crippen LogP contribution is -2.34. The van der Waals surface area contributed by atoms with Crippen molar-refractivity contribution < 1.29 is 43.1 Å². The molecule has 241 valence electrons. The van der Waals surface area contributed by atoms with Crippen molar-refractivity contribution in [3.8, 4) is 11.5 Å². The van der Waals surface area contributed by atoms with E-state index in [-0.39, 0.29) is 24.0 Å². The van der Waals surface area contributed by atoms with Crippen molar-refractivity contribution in [3.63, 3.8) is 0 Å². The summed E-state index contributed by atoms with van der Waals surface area (Å²) in [5.41, 5.74) is 0.758. The third kappa shape index (κ3) is 9.40. The van der Waals surface area contributed by atoms with Gasteiger partial charge in [0.1, 0.15) is 47.4 Å². The lowest BCUT2D eigenvalue weighted by atomic mass is 9.94. The Hall–Kier alpha value is -3.71. The van der Waals surface area contributed by atoms with Gasteiger partial charge in [-0.15, -0.1) is 0 Å². The summed E-state index contributed by atoms with van der Waals surface area (Å²) in [5.74, 6) is -0.245. The highest BCUT2D eigenvalue weighted by Gasteiger charge is 2.43. The monoisotopic (exact) mass is 621 g/mol. The minimum Gasteiger partial charge on any atom is -0.493 e. The van der Waals surface area contributed by atoms with E-state index < -0.39 is 36.2 Å². The highest BCUT2D eigenvalue weighted by atomic mass is 16.8. The Balaban J connectivity index is 1.61. The zero-order valence-electron chi connectivity index (χ0n) is 26.5. The number of aliphatic hydroxyl groups is 1. The molecule has 11 nitrogen and oxygen atoms in total.